The Hall–Kier alpha value is -2.55. The first kappa shape index (κ1) is 13.4. The molecule has 0 aliphatic rings. The number of carbonyl (C=O) groups excluding carboxylic acids is 1. The minimum absolute atomic E-state index is 0.0214. The number of aromatic amines is 1. The fourth-order valence-electron chi connectivity index (χ4n) is 2.47. The molecule has 1 atom stereocenters. The van der Waals surface area contributed by atoms with Crippen LogP contribution in [-0.2, 0) is 0 Å². The van der Waals surface area contributed by atoms with Crippen LogP contribution >= 0.6 is 0 Å². The van der Waals surface area contributed by atoms with Crippen LogP contribution in [0.4, 0.5) is 0 Å². The molecule has 0 aliphatic carbocycles. The lowest BCUT2D eigenvalue weighted by Gasteiger charge is -2.13. The fourth-order valence-corrected chi connectivity index (χ4v) is 2.47. The predicted octanol–water partition coefficient (Wildman–Crippen LogP) is 3.97. The lowest BCUT2D eigenvalue weighted by Crippen LogP contribution is -2.26. The number of aryl methyl sites for hydroxylation is 1. The van der Waals surface area contributed by atoms with Gasteiger partial charge in [-0.1, -0.05) is 42.0 Å². The number of rotatable bonds is 3. The van der Waals surface area contributed by atoms with Gasteiger partial charge >= 0.3 is 0 Å². The second-order valence-electron chi connectivity index (χ2n) is 5.38. The van der Waals surface area contributed by atoms with Crippen molar-refractivity contribution in [1.29, 1.82) is 0 Å². The molecule has 2 N–H and O–H groups in total. The van der Waals surface area contributed by atoms with Crippen LogP contribution in [0.3, 0.4) is 0 Å². The minimum Gasteiger partial charge on any atom is -0.351 e. The molecule has 106 valence electrons. The number of hydrogen-bond donors (Lipinski definition) is 2. The van der Waals surface area contributed by atoms with Crippen molar-refractivity contribution < 1.29 is 4.79 Å². The van der Waals surface area contributed by atoms with Crippen molar-refractivity contribution in [3.8, 4) is 0 Å². The number of carbonyl (C=O) groups is 1. The number of nitrogens with one attached hydrogen (secondary N) is 2. The first-order valence-electron chi connectivity index (χ1n) is 7.08. The molecule has 1 aromatic heterocycles. The Morgan fingerprint density at radius 3 is 2.62 bits per heavy atom. The maximum absolute atomic E-state index is 12.3. The highest BCUT2D eigenvalue weighted by molar-refractivity contribution is 5.98. The monoisotopic (exact) mass is 278 g/mol. The predicted molar refractivity (Wildman–Crippen MR) is 85.4 cm³/mol. The average Bonchev–Trinajstić information content (AvgIpc) is 2.91. The van der Waals surface area contributed by atoms with Gasteiger partial charge in [0.15, 0.2) is 0 Å². The third-order valence-electron chi connectivity index (χ3n) is 3.67. The Kier molecular flexibility index (Phi) is 3.48. The molecule has 3 rings (SSSR count). The van der Waals surface area contributed by atoms with Gasteiger partial charge < -0.3 is 10.3 Å². The van der Waals surface area contributed by atoms with E-state index in [9.17, 15) is 4.79 Å². The third kappa shape index (κ3) is 2.82. The van der Waals surface area contributed by atoms with Crippen LogP contribution in [0.1, 0.15) is 34.6 Å². The van der Waals surface area contributed by atoms with E-state index in [1.54, 1.807) is 0 Å². The van der Waals surface area contributed by atoms with Crippen LogP contribution in [0.2, 0.25) is 0 Å². The van der Waals surface area contributed by atoms with Crippen molar-refractivity contribution in [2.45, 2.75) is 19.9 Å². The summed E-state index contributed by atoms with van der Waals surface area (Å²) in [5.74, 6) is -0.0831. The summed E-state index contributed by atoms with van der Waals surface area (Å²) in [6, 6.07) is 17.9. The van der Waals surface area contributed by atoms with Gasteiger partial charge in [0, 0.05) is 10.9 Å². The second kappa shape index (κ2) is 5.44. The van der Waals surface area contributed by atoms with Crippen molar-refractivity contribution >= 4 is 16.8 Å². The van der Waals surface area contributed by atoms with Gasteiger partial charge in [0.1, 0.15) is 5.69 Å². The van der Waals surface area contributed by atoms with Gasteiger partial charge in [-0.25, -0.2) is 0 Å². The van der Waals surface area contributed by atoms with Crippen LogP contribution in [0, 0.1) is 6.92 Å². The molecule has 0 unspecified atom stereocenters. The Labute approximate surface area is 124 Å². The van der Waals surface area contributed by atoms with E-state index in [0.29, 0.717) is 5.69 Å². The van der Waals surface area contributed by atoms with Gasteiger partial charge in [0.05, 0.1) is 6.04 Å². The molecule has 0 radical (unpaired) electrons. The first-order valence-corrected chi connectivity index (χ1v) is 7.08. The highest BCUT2D eigenvalue weighted by Gasteiger charge is 2.13. The van der Waals surface area contributed by atoms with Crippen LogP contribution in [0.5, 0.6) is 0 Å². The highest BCUT2D eigenvalue weighted by Crippen LogP contribution is 2.18. The van der Waals surface area contributed by atoms with Gasteiger partial charge in [-0.15, -0.1) is 0 Å². The van der Waals surface area contributed by atoms with Gasteiger partial charge in [-0.05, 0) is 37.6 Å². The summed E-state index contributed by atoms with van der Waals surface area (Å²) in [5, 5.41) is 4.08. The highest BCUT2D eigenvalue weighted by atomic mass is 16.1. The molecular formula is C18H18N2O. The van der Waals surface area contributed by atoms with E-state index in [1.165, 1.54) is 5.56 Å². The Morgan fingerprint density at radius 1 is 1.10 bits per heavy atom. The quantitative estimate of drug-likeness (QED) is 0.748. The van der Waals surface area contributed by atoms with E-state index in [-0.39, 0.29) is 11.9 Å². The number of amides is 1. The topological polar surface area (TPSA) is 44.9 Å². The van der Waals surface area contributed by atoms with Gasteiger partial charge in [-0.3, -0.25) is 4.79 Å². The van der Waals surface area contributed by atoms with E-state index in [0.717, 1.165) is 16.5 Å². The van der Waals surface area contributed by atoms with Gasteiger partial charge in [0.25, 0.3) is 5.91 Å². The summed E-state index contributed by atoms with van der Waals surface area (Å²) in [6.45, 7) is 4.03. The zero-order valence-corrected chi connectivity index (χ0v) is 12.2. The molecule has 0 fully saturated rings. The van der Waals surface area contributed by atoms with Crippen LogP contribution in [0.15, 0.2) is 54.6 Å². The molecule has 0 bridgehead atoms. The molecule has 0 saturated heterocycles. The molecule has 3 nitrogen and oxygen atoms in total. The van der Waals surface area contributed by atoms with Crippen molar-refractivity contribution in [1.82, 2.24) is 10.3 Å². The number of hydrogen-bond acceptors (Lipinski definition) is 1. The number of benzene rings is 2. The van der Waals surface area contributed by atoms with E-state index in [4.69, 9.17) is 0 Å². The Morgan fingerprint density at radius 2 is 1.86 bits per heavy atom. The molecule has 0 saturated carbocycles. The lowest BCUT2D eigenvalue weighted by atomic mass is 10.1. The molecule has 0 aliphatic heterocycles. The van der Waals surface area contributed by atoms with Crippen molar-refractivity contribution in [2.24, 2.45) is 0 Å². The standard InChI is InChI=1S/C18H18N2O/c1-12-8-9-16-15(10-12)11-17(20-16)18(21)19-13(2)14-6-4-3-5-7-14/h3-11,13,20H,1-2H3,(H,19,21)/t13-/m0/s1. The maximum atomic E-state index is 12.3. The zero-order chi connectivity index (χ0) is 14.8. The largest absolute Gasteiger partial charge is 0.351 e. The molecule has 0 spiro atoms. The van der Waals surface area contributed by atoms with Gasteiger partial charge in [-0.2, -0.15) is 0 Å². The maximum Gasteiger partial charge on any atom is 0.268 e. The summed E-state index contributed by atoms with van der Waals surface area (Å²) in [6.07, 6.45) is 0. The van der Waals surface area contributed by atoms with E-state index >= 15 is 0 Å². The summed E-state index contributed by atoms with van der Waals surface area (Å²) >= 11 is 0. The SMILES string of the molecule is Cc1ccc2[nH]c(C(=O)N[C@@H](C)c3ccccc3)cc2c1. The van der Waals surface area contributed by atoms with Crippen molar-refractivity contribution in [3.63, 3.8) is 0 Å². The average molecular weight is 278 g/mol. The normalized spacial score (nSPS) is 12.3. The third-order valence-corrected chi connectivity index (χ3v) is 3.67. The molecular weight excluding hydrogens is 260 g/mol. The molecule has 1 amide bonds. The summed E-state index contributed by atoms with van der Waals surface area (Å²) < 4.78 is 0. The lowest BCUT2D eigenvalue weighted by molar-refractivity contribution is 0.0935. The summed E-state index contributed by atoms with van der Waals surface area (Å²) in [7, 11) is 0. The summed E-state index contributed by atoms with van der Waals surface area (Å²) in [5.41, 5.74) is 3.86. The Balaban J connectivity index is 1.80. The van der Waals surface area contributed by atoms with E-state index < -0.39 is 0 Å². The van der Waals surface area contributed by atoms with Gasteiger partial charge in [0.2, 0.25) is 0 Å². The van der Waals surface area contributed by atoms with E-state index in [2.05, 4.69) is 16.4 Å². The second-order valence-corrected chi connectivity index (χ2v) is 5.38. The smallest absolute Gasteiger partial charge is 0.268 e. The van der Waals surface area contributed by atoms with E-state index in [1.807, 2.05) is 62.4 Å². The Bertz CT molecular complexity index is 774. The zero-order valence-electron chi connectivity index (χ0n) is 12.2. The van der Waals surface area contributed by atoms with Crippen molar-refractivity contribution in [3.05, 3.63) is 71.4 Å². The van der Waals surface area contributed by atoms with Crippen LogP contribution in [-0.4, -0.2) is 10.9 Å². The molecule has 3 aromatic rings. The number of fused-ring (bicyclic) bond motifs is 1. The van der Waals surface area contributed by atoms with Crippen LogP contribution < -0.4 is 5.32 Å². The molecule has 3 heteroatoms. The fraction of sp³-hybridized carbons (Fsp3) is 0.167. The molecule has 2 aromatic carbocycles. The molecule has 21 heavy (non-hydrogen) atoms. The molecule has 1 heterocycles. The van der Waals surface area contributed by atoms with Crippen molar-refractivity contribution in [2.75, 3.05) is 0 Å². The summed E-state index contributed by atoms with van der Waals surface area (Å²) in [4.78, 5) is 15.5. The minimum atomic E-state index is -0.0831. The van der Waals surface area contributed by atoms with Crippen LogP contribution in [0.25, 0.3) is 10.9 Å². The first-order chi connectivity index (χ1) is 10.1. The number of aromatic nitrogens is 1. The number of H-pyrrole nitrogens is 1.